The van der Waals surface area contributed by atoms with E-state index >= 15 is 0 Å². The van der Waals surface area contributed by atoms with Gasteiger partial charge in [-0.1, -0.05) is 37.6 Å². The van der Waals surface area contributed by atoms with E-state index in [0.717, 1.165) is 35.5 Å². The summed E-state index contributed by atoms with van der Waals surface area (Å²) in [4.78, 5) is 30.7. The van der Waals surface area contributed by atoms with Crippen molar-refractivity contribution >= 4 is 23.3 Å². The number of fused-ring (bicyclic) bond motifs is 3. The van der Waals surface area contributed by atoms with Gasteiger partial charge in [0.15, 0.2) is 0 Å². The van der Waals surface area contributed by atoms with Crippen molar-refractivity contribution in [3.05, 3.63) is 102 Å². The van der Waals surface area contributed by atoms with Gasteiger partial charge >= 0.3 is 6.03 Å². The number of urea groups is 1. The number of hydrogen-bond acceptors (Lipinski definition) is 3. The molecule has 3 heterocycles. The molecule has 0 fully saturated rings. The van der Waals surface area contributed by atoms with Crippen molar-refractivity contribution in [3.8, 4) is 5.69 Å². The highest BCUT2D eigenvalue weighted by atomic mass is 16.3. The van der Waals surface area contributed by atoms with Crippen LogP contribution in [0.25, 0.3) is 5.69 Å². The van der Waals surface area contributed by atoms with E-state index in [1.165, 1.54) is 0 Å². The van der Waals surface area contributed by atoms with Gasteiger partial charge in [0.05, 0.1) is 23.3 Å². The normalized spacial score (nSPS) is 14.2. The van der Waals surface area contributed by atoms with Crippen molar-refractivity contribution in [2.45, 2.75) is 32.7 Å². The summed E-state index contributed by atoms with van der Waals surface area (Å²) < 4.78 is 7.89. The quantitative estimate of drug-likeness (QED) is 0.343. The minimum atomic E-state index is -0.440. The molecule has 7 heteroatoms. The number of rotatable bonds is 7. The largest absolute Gasteiger partial charge is 0.467 e. The van der Waals surface area contributed by atoms with Gasteiger partial charge in [0, 0.05) is 18.4 Å². The Bertz CT molecular complexity index is 1360. The highest BCUT2D eigenvalue weighted by molar-refractivity contribution is 6.01. The second-order valence-corrected chi connectivity index (χ2v) is 9.05. The van der Waals surface area contributed by atoms with Crippen LogP contribution in [0, 0.1) is 6.92 Å². The number of nitrogens with zero attached hydrogens (tertiary/aromatic N) is 3. The fraction of sp³-hybridized carbons (Fsp3) is 0.241. The Kier molecular flexibility index (Phi) is 6.62. The molecule has 1 N–H and O–H groups in total. The number of anilines is 2. The molecule has 2 aromatic carbocycles. The average molecular weight is 483 g/mol. The summed E-state index contributed by atoms with van der Waals surface area (Å²) in [5.41, 5.74) is 4.39. The first-order valence-electron chi connectivity index (χ1n) is 12.3. The number of carbonyl (C=O) groups excluding carboxylic acids is 2. The van der Waals surface area contributed by atoms with Crippen molar-refractivity contribution in [3.63, 3.8) is 0 Å². The van der Waals surface area contributed by atoms with Crippen LogP contribution in [-0.4, -0.2) is 34.5 Å². The molecule has 1 aliphatic heterocycles. The number of furan rings is 1. The lowest BCUT2D eigenvalue weighted by atomic mass is 10.0. The minimum absolute atomic E-state index is 0.0517. The Hall–Kier alpha value is -4.26. The van der Waals surface area contributed by atoms with Gasteiger partial charge in [-0.15, -0.1) is 0 Å². The molecule has 0 bridgehead atoms. The summed E-state index contributed by atoms with van der Waals surface area (Å²) in [7, 11) is 0. The third-order valence-electron chi connectivity index (χ3n) is 6.47. The van der Waals surface area contributed by atoms with Crippen LogP contribution in [0.1, 0.15) is 42.8 Å². The molecule has 184 valence electrons. The highest BCUT2D eigenvalue weighted by Gasteiger charge is 2.38. The molecule has 3 amide bonds. The number of para-hydroxylation sites is 2. The standard InChI is InChI=1S/C29H30N4O3/c1-3-4-16-31(29(35)30-22-11-7-10-21(2)19-22)20-27(34)33-24-13-6-5-12-23(24)32-17-8-14-25(32)28(33)26-15-9-18-36-26/h5-15,17-19,28H,3-4,16,20H2,1-2H3,(H,30,35). The van der Waals surface area contributed by atoms with Crippen LogP contribution in [0.5, 0.6) is 0 Å². The zero-order valence-corrected chi connectivity index (χ0v) is 20.6. The van der Waals surface area contributed by atoms with Gasteiger partial charge in [-0.3, -0.25) is 9.69 Å². The first kappa shape index (κ1) is 23.5. The van der Waals surface area contributed by atoms with Crippen LogP contribution in [-0.2, 0) is 4.79 Å². The Morgan fingerprint density at radius 2 is 1.83 bits per heavy atom. The van der Waals surface area contributed by atoms with Crippen molar-refractivity contribution in [2.75, 3.05) is 23.3 Å². The predicted octanol–water partition coefficient (Wildman–Crippen LogP) is 6.15. The van der Waals surface area contributed by atoms with E-state index < -0.39 is 6.04 Å². The molecule has 7 nitrogen and oxygen atoms in total. The third-order valence-corrected chi connectivity index (χ3v) is 6.47. The molecular weight excluding hydrogens is 452 g/mol. The maximum absolute atomic E-state index is 14.0. The van der Waals surface area contributed by atoms with E-state index in [1.54, 1.807) is 16.1 Å². The van der Waals surface area contributed by atoms with E-state index in [1.807, 2.05) is 85.9 Å². The van der Waals surface area contributed by atoms with Gasteiger partial charge in [0.25, 0.3) is 0 Å². The van der Waals surface area contributed by atoms with E-state index in [9.17, 15) is 9.59 Å². The van der Waals surface area contributed by atoms with Crippen molar-refractivity contribution in [1.29, 1.82) is 0 Å². The number of hydrogen-bond donors (Lipinski definition) is 1. The monoisotopic (exact) mass is 482 g/mol. The third kappa shape index (κ3) is 4.52. The number of carbonyl (C=O) groups is 2. The SMILES string of the molecule is CCCCN(CC(=O)N1c2ccccc2-n2cccc2C1c1ccco1)C(=O)Nc1cccc(C)c1. The van der Waals surface area contributed by atoms with Crippen LogP contribution < -0.4 is 10.2 Å². The minimum Gasteiger partial charge on any atom is -0.467 e. The lowest BCUT2D eigenvalue weighted by Crippen LogP contribution is -2.47. The van der Waals surface area contributed by atoms with Gasteiger partial charge < -0.3 is 19.2 Å². The van der Waals surface area contributed by atoms with Crippen LogP contribution in [0.2, 0.25) is 0 Å². The van der Waals surface area contributed by atoms with Gasteiger partial charge in [-0.05, 0) is 67.4 Å². The number of aromatic nitrogens is 1. The zero-order chi connectivity index (χ0) is 25.1. The van der Waals surface area contributed by atoms with Gasteiger partial charge in [0.1, 0.15) is 18.3 Å². The van der Waals surface area contributed by atoms with Crippen molar-refractivity contribution in [1.82, 2.24) is 9.47 Å². The molecule has 4 aromatic rings. The lowest BCUT2D eigenvalue weighted by Gasteiger charge is -2.38. The maximum Gasteiger partial charge on any atom is 0.322 e. The lowest BCUT2D eigenvalue weighted by molar-refractivity contribution is -0.119. The number of aryl methyl sites for hydroxylation is 1. The molecule has 1 atom stereocenters. The molecule has 0 radical (unpaired) electrons. The van der Waals surface area contributed by atoms with E-state index in [0.29, 0.717) is 18.0 Å². The molecule has 0 saturated carbocycles. The number of unbranched alkanes of at least 4 members (excludes halogenated alkanes) is 1. The van der Waals surface area contributed by atoms with E-state index in [4.69, 9.17) is 4.42 Å². The van der Waals surface area contributed by atoms with Crippen molar-refractivity contribution < 1.29 is 14.0 Å². The van der Waals surface area contributed by atoms with Crippen LogP contribution in [0.15, 0.2) is 89.7 Å². The second-order valence-electron chi connectivity index (χ2n) is 9.05. The number of benzene rings is 2. The molecule has 5 rings (SSSR count). The highest BCUT2D eigenvalue weighted by Crippen LogP contribution is 2.42. The predicted molar refractivity (Wildman–Crippen MR) is 140 cm³/mol. The Morgan fingerprint density at radius 3 is 2.58 bits per heavy atom. The maximum atomic E-state index is 14.0. The molecule has 1 unspecified atom stereocenters. The first-order valence-corrected chi connectivity index (χ1v) is 12.3. The zero-order valence-electron chi connectivity index (χ0n) is 20.6. The summed E-state index contributed by atoms with van der Waals surface area (Å²) in [6.45, 7) is 4.48. The molecular formula is C29H30N4O3. The van der Waals surface area contributed by atoms with Crippen LogP contribution in [0.4, 0.5) is 16.2 Å². The molecule has 2 aromatic heterocycles. The van der Waals surface area contributed by atoms with Gasteiger partial charge in [-0.25, -0.2) is 4.79 Å². The Morgan fingerprint density at radius 1 is 1.00 bits per heavy atom. The van der Waals surface area contributed by atoms with Crippen molar-refractivity contribution in [2.24, 2.45) is 0 Å². The number of nitrogens with one attached hydrogen (secondary N) is 1. The van der Waals surface area contributed by atoms with Crippen LogP contribution in [0.3, 0.4) is 0 Å². The van der Waals surface area contributed by atoms with E-state index in [2.05, 4.69) is 16.8 Å². The second kappa shape index (κ2) is 10.2. The molecule has 0 aliphatic carbocycles. The summed E-state index contributed by atoms with van der Waals surface area (Å²) in [5, 5.41) is 2.96. The summed E-state index contributed by atoms with van der Waals surface area (Å²) in [5.74, 6) is 0.494. The smallest absolute Gasteiger partial charge is 0.322 e. The van der Waals surface area contributed by atoms with Gasteiger partial charge in [0.2, 0.25) is 5.91 Å². The topological polar surface area (TPSA) is 70.7 Å². The number of amides is 3. The Balaban J connectivity index is 1.48. The van der Waals surface area contributed by atoms with Crippen LogP contribution >= 0.6 is 0 Å². The summed E-state index contributed by atoms with van der Waals surface area (Å²) >= 11 is 0. The molecule has 1 aliphatic rings. The molecule has 0 saturated heterocycles. The summed E-state index contributed by atoms with van der Waals surface area (Å²) in [6.07, 6.45) is 5.33. The van der Waals surface area contributed by atoms with E-state index in [-0.39, 0.29) is 18.5 Å². The average Bonchev–Trinajstić information content (AvgIpc) is 3.58. The fourth-order valence-corrected chi connectivity index (χ4v) is 4.74. The molecule has 36 heavy (non-hydrogen) atoms. The van der Waals surface area contributed by atoms with Gasteiger partial charge in [-0.2, -0.15) is 0 Å². The molecule has 0 spiro atoms. The first-order chi connectivity index (χ1) is 17.6. The summed E-state index contributed by atoms with van der Waals surface area (Å²) in [6, 6.07) is 22.4. The fourth-order valence-electron chi connectivity index (χ4n) is 4.74. The Labute approximate surface area is 210 Å².